The number of ether oxygens (including phenoxy) is 1. The van der Waals surface area contributed by atoms with E-state index in [2.05, 4.69) is 19.2 Å². The zero-order chi connectivity index (χ0) is 14.3. The smallest absolute Gasteiger partial charge is 0.338 e. The number of non-ortho nitro benzene ring substituents is 1. The van der Waals surface area contributed by atoms with Crippen molar-refractivity contribution < 1.29 is 14.5 Å². The largest absolute Gasteiger partial charge is 0.461 e. The molecule has 0 heterocycles. The summed E-state index contributed by atoms with van der Waals surface area (Å²) in [7, 11) is 0. The summed E-state index contributed by atoms with van der Waals surface area (Å²) in [5.74, 6) is 0.0756. The Balaban J connectivity index is 2.35. The van der Waals surface area contributed by atoms with E-state index in [0.717, 1.165) is 6.54 Å². The molecule has 1 aromatic rings. The lowest BCUT2D eigenvalue weighted by molar-refractivity contribution is -0.384. The molecule has 6 nitrogen and oxygen atoms in total. The summed E-state index contributed by atoms with van der Waals surface area (Å²) in [6.45, 7) is 5.93. The van der Waals surface area contributed by atoms with Gasteiger partial charge in [-0.2, -0.15) is 0 Å². The molecule has 1 aromatic carbocycles. The van der Waals surface area contributed by atoms with Crippen LogP contribution in [0.1, 0.15) is 24.2 Å². The number of hydrogen-bond donors (Lipinski definition) is 1. The van der Waals surface area contributed by atoms with Crippen molar-refractivity contribution in [2.75, 3.05) is 19.7 Å². The highest BCUT2D eigenvalue weighted by molar-refractivity contribution is 5.89. The molecule has 1 N–H and O–H groups in total. The van der Waals surface area contributed by atoms with Gasteiger partial charge < -0.3 is 10.1 Å². The monoisotopic (exact) mass is 266 g/mol. The molecule has 0 radical (unpaired) electrons. The number of carbonyl (C=O) groups is 1. The summed E-state index contributed by atoms with van der Waals surface area (Å²) in [6.07, 6.45) is 0. The van der Waals surface area contributed by atoms with Crippen molar-refractivity contribution in [3.8, 4) is 0 Å². The molecule has 0 aliphatic heterocycles. The molecular weight excluding hydrogens is 248 g/mol. The Hall–Kier alpha value is -1.95. The summed E-state index contributed by atoms with van der Waals surface area (Å²) in [4.78, 5) is 21.6. The Labute approximate surface area is 111 Å². The van der Waals surface area contributed by atoms with Gasteiger partial charge in [-0.25, -0.2) is 4.79 Å². The molecular formula is C13H18N2O4. The minimum Gasteiger partial charge on any atom is -0.461 e. The third-order valence-corrected chi connectivity index (χ3v) is 2.38. The SMILES string of the molecule is CC(C)CNCCOC(=O)c1ccc([N+](=O)[O-])cc1. The maximum atomic E-state index is 11.6. The van der Waals surface area contributed by atoms with Crippen LogP contribution in [-0.2, 0) is 4.74 Å². The zero-order valence-corrected chi connectivity index (χ0v) is 11.1. The van der Waals surface area contributed by atoms with Crippen LogP contribution in [0.25, 0.3) is 0 Å². The number of nitro benzene ring substituents is 1. The van der Waals surface area contributed by atoms with Crippen molar-refractivity contribution in [2.45, 2.75) is 13.8 Å². The molecule has 0 atom stereocenters. The second-order valence-electron chi connectivity index (χ2n) is 4.54. The molecule has 104 valence electrons. The first-order chi connectivity index (χ1) is 9.00. The summed E-state index contributed by atoms with van der Waals surface area (Å²) in [5.41, 5.74) is 0.268. The molecule has 0 aliphatic rings. The highest BCUT2D eigenvalue weighted by Gasteiger charge is 2.10. The van der Waals surface area contributed by atoms with Crippen molar-refractivity contribution in [3.05, 3.63) is 39.9 Å². The maximum Gasteiger partial charge on any atom is 0.338 e. The average Bonchev–Trinajstić information content (AvgIpc) is 2.37. The highest BCUT2D eigenvalue weighted by Crippen LogP contribution is 2.12. The molecule has 0 saturated carbocycles. The lowest BCUT2D eigenvalue weighted by Gasteiger charge is -2.08. The van der Waals surface area contributed by atoms with Gasteiger partial charge in [0.1, 0.15) is 6.61 Å². The van der Waals surface area contributed by atoms with E-state index in [1.807, 2.05) is 0 Å². The van der Waals surface area contributed by atoms with Crippen molar-refractivity contribution >= 4 is 11.7 Å². The fourth-order valence-corrected chi connectivity index (χ4v) is 1.41. The van der Waals surface area contributed by atoms with Crippen LogP contribution in [0.2, 0.25) is 0 Å². The van der Waals surface area contributed by atoms with Gasteiger partial charge in [-0.15, -0.1) is 0 Å². The lowest BCUT2D eigenvalue weighted by Crippen LogP contribution is -2.25. The molecule has 1 rings (SSSR count). The minimum atomic E-state index is -0.509. The van der Waals surface area contributed by atoms with Crippen LogP contribution in [0, 0.1) is 16.0 Å². The molecule has 0 aromatic heterocycles. The number of nitrogens with one attached hydrogen (secondary N) is 1. The maximum absolute atomic E-state index is 11.6. The van der Waals surface area contributed by atoms with Crippen molar-refractivity contribution in [2.24, 2.45) is 5.92 Å². The van der Waals surface area contributed by atoms with Gasteiger partial charge in [-0.1, -0.05) is 13.8 Å². The predicted octanol–water partition coefficient (Wildman–Crippen LogP) is 2.00. The van der Waals surface area contributed by atoms with E-state index in [-0.39, 0.29) is 12.3 Å². The summed E-state index contributed by atoms with van der Waals surface area (Å²) in [6, 6.07) is 5.35. The topological polar surface area (TPSA) is 81.5 Å². The van der Waals surface area contributed by atoms with E-state index < -0.39 is 10.9 Å². The lowest BCUT2D eigenvalue weighted by atomic mass is 10.2. The van der Waals surface area contributed by atoms with Crippen molar-refractivity contribution in [1.29, 1.82) is 0 Å². The molecule has 0 aliphatic carbocycles. The first kappa shape index (κ1) is 15.1. The molecule has 0 saturated heterocycles. The first-order valence-corrected chi connectivity index (χ1v) is 6.13. The Morgan fingerprint density at radius 3 is 2.53 bits per heavy atom. The molecule has 0 bridgehead atoms. The van der Waals surface area contributed by atoms with Crippen LogP contribution in [0.5, 0.6) is 0 Å². The normalized spacial score (nSPS) is 10.5. The Morgan fingerprint density at radius 1 is 1.37 bits per heavy atom. The molecule has 0 spiro atoms. The van der Waals surface area contributed by atoms with E-state index in [4.69, 9.17) is 4.74 Å². The summed E-state index contributed by atoms with van der Waals surface area (Å²) < 4.78 is 5.04. The number of rotatable bonds is 7. The molecule has 0 amide bonds. The third kappa shape index (κ3) is 5.48. The predicted molar refractivity (Wildman–Crippen MR) is 71.1 cm³/mol. The molecule has 6 heteroatoms. The van der Waals surface area contributed by atoms with Crippen LogP contribution in [-0.4, -0.2) is 30.6 Å². The van der Waals surface area contributed by atoms with E-state index >= 15 is 0 Å². The third-order valence-electron chi connectivity index (χ3n) is 2.38. The van der Waals surface area contributed by atoms with Gasteiger partial charge in [-0.05, 0) is 24.6 Å². The fraction of sp³-hybridized carbons (Fsp3) is 0.462. The second-order valence-corrected chi connectivity index (χ2v) is 4.54. The van der Waals surface area contributed by atoms with Crippen LogP contribution in [0.15, 0.2) is 24.3 Å². The number of hydrogen-bond acceptors (Lipinski definition) is 5. The Kier molecular flexibility index (Phi) is 5.95. The number of nitro groups is 1. The van der Waals surface area contributed by atoms with E-state index in [1.54, 1.807) is 0 Å². The van der Waals surface area contributed by atoms with Crippen molar-refractivity contribution in [1.82, 2.24) is 5.32 Å². The van der Waals surface area contributed by atoms with Gasteiger partial charge >= 0.3 is 5.97 Å². The highest BCUT2D eigenvalue weighted by atomic mass is 16.6. The van der Waals surface area contributed by atoms with Crippen LogP contribution in [0.4, 0.5) is 5.69 Å². The minimum absolute atomic E-state index is 0.0462. The average molecular weight is 266 g/mol. The van der Waals surface area contributed by atoms with Gasteiger partial charge in [0.05, 0.1) is 10.5 Å². The number of carbonyl (C=O) groups excluding carboxylic acids is 1. The quantitative estimate of drug-likeness (QED) is 0.353. The van der Waals surface area contributed by atoms with E-state index in [9.17, 15) is 14.9 Å². The van der Waals surface area contributed by atoms with Gasteiger partial charge in [0.2, 0.25) is 0 Å². The second kappa shape index (κ2) is 7.48. The first-order valence-electron chi connectivity index (χ1n) is 6.13. The summed E-state index contributed by atoms with van der Waals surface area (Å²) >= 11 is 0. The van der Waals surface area contributed by atoms with Gasteiger partial charge in [-0.3, -0.25) is 10.1 Å². The Morgan fingerprint density at radius 2 is 2.00 bits per heavy atom. The molecule has 19 heavy (non-hydrogen) atoms. The van der Waals surface area contributed by atoms with Crippen LogP contribution in [0.3, 0.4) is 0 Å². The number of benzene rings is 1. The van der Waals surface area contributed by atoms with Gasteiger partial charge in [0, 0.05) is 18.7 Å². The molecule has 0 fully saturated rings. The van der Waals surface area contributed by atoms with Crippen LogP contribution >= 0.6 is 0 Å². The Bertz CT molecular complexity index is 429. The van der Waals surface area contributed by atoms with Gasteiger partial charge in [0.25, 0.3) is 5.69 Å². The van der Waals surface area contributed by atoms with E-state index in [0.29, 0.717) is 18.0 Å². The number of nitrogens with zero attached hydrogens (tertiary/aromatic N) is 1. The summed E-state index contributed by atoms with van der Waals surface area (Å²) in [5, 5.41) is 13.6. The fourth-order valence-electron chi connectivity index (χ4n) is 1.41. The number of esters is 1. The van der Waals surface area contributed by atoms with Crippen molar-refractivity contribution in [3.63, 3.8) is 0 Å². The standard InChI is InChI=1S/C13H18N2O4/c1-10(2)9-14-7-8-19-13(16)11-3-5-12(6-4-11)15(17)18/h3-6,10,14H,7-9H2,1-2H3. The van der Waals surface area contributed by atoms with E-state index in [1.165, 1.54) is 24.3 Å². The zero-order valence-electron chi connectivity index (χ0n) is 11.1. The van der Waals surface area contributed by atoms with Gasteiger partial charge in [0.15, 0.2) is 0 Å². The molecule has 0 unspecified atom stereocenters. The van der Waals surface area contributed by atoms with Crippen LogP contribution < -0.4 is 5.32 Å².